The molecule has 1 aromatic rings. The van der Waals surface area contributed by atoms with E-state index in [1.807, 2.05) is 12.1 Å². The third kappa shape index (κ3) is 0.459. The summed E-state index contributed by atoms with van der Waals surface area (Å²) in [6, 6.07) is 8.24. The minimum atomic E-state index is 1.34. The molecule has 0 radical (unpaired) electrons. The zero-order valence-electron chi connectivity index (χ0n) is 3.81. The SMILES string of the molecule is C[c-]1cccc1. The Hall–Kier alpha value is -0.650. The monoisotopic (exact) mass is 79.1 g/mol. The molecule has 1 rings (SSSR count). The van der Waals surface area contributed by atoms with E-state index in [9.17, 15) is 0 Å². The van der Waals surface area contributed by atoms with Gasteiger partial charge in [-0.15, -0.1) is 0 Å². The van der Waals surface area contributed by atoms with E-state index in [0.717, 1.165) is 0 Å². The molecule has 0 aliphatic rings. The predicted molar refractivity (Wildman–Crippen MR) is 26.8 cm³/mol. The maximum absolute atomic E-state index is 2.08. The largest absolute Gasteiger partial charge is 0.213 e. The fourth-order valence-electron chi connectivity index (χ4n) is 0.470. The van der Waals surface area contributed by atoms with E-state index in [-0.39, 0.29) is 0 Å². The summed E-state index contributed by atoms with van der Waals surface area (Å²) in [6.07, 6.45) is 0. The number of rotatable bonds is 0. The molecule has 0 atom stereocenters. The molecule has 0 amide bonds. The Kier molecular flexibility index (Phi) is 0.714. The Labute approximate surface area is 37.8 Å². The zero-order valence-corrected chi connectivity index (χ0v) is 3.81. The second-order valence-corrected chi connectivity index (χ2v) is 1.46. The van der Waals surface area contributed by atoms with E-state index in [0.29, 0.717) is 0 Å². The van der Waals surface area contributed by atoms with E-state index in [1.54, 1.807) is 0 Å². The maximum atomic E-state index is 2.08. The molecule has 0 heterocycles. The van der Waals surface area contributed by atoms with Gasteiger partial charge in [-0.1, -0.05) is 6.92 Å². The quantitative estimate of drug-likeness (QED) is 0.415. The first-order chi connectivity index (χ1) is 2.89. The smallest absolute Gasteiger partial charge is 0.0860 e. The Balaban J connectivity index is 3.05. The molecular formula is C6H7-. The summed E-state index contributed by atoms with van der Waals surface area (Å²) < 4.78 is 0. The van der Waals surface area contributed by atoms with Crippen LogP contribution in [-0.2, 0) is 0 Å². The van der Waals surface area contributed by atoms with Gasteiger partial charge < -0.3 is 0 Å². The van der Waals surface area contributed by atoms with Crippen molar-refractivity contribution in [3.8, 4) is 0 Å². The summed E-state index contributed by atoms with van der Waals surface area (Å²) >= 11 is 0. The Morgan fingerprint density at radius 1 is 1.17 bits per heavy atom. The first-order valence-corrected chi connectivity index (χ1v) is 2.08. The molecule has 0 aliphatic heterocycles. The van der Waals surface area contributed by atoms with E-state index in [2.05, 4.69) is 19.1 Å². The van der Waals surface area contributed by atoms with Gasteiger partial charge >= 0.3 is 0 Å². The van der Waals surface area contributed by atoms with Crippen molar-refractivity contribution < 1.29 is 0 Å². The Morgan fingerprint density at radius 2 is 1.67 bits per heavy atom. The molecule has 0 spiro atoms. The van der Waals surface area contributed by atoms with Crippen molar-refractivity contribution in [3.63, 3.8) is 0 Å². The van der Waals surface area contributed by atoms with Gasteiger partial charge in [0.15, 0.2) is 0 Å². The van der Waals surface area contributed by atoms with Crippen LogP contribution in [0.4, 0.5) is 0 Å². The van der Waals surface area contributed by atoms with Crippen LogP contribution in [0.3, 0.4) is 0 Å². The van der Waals surface area contributed by atoms with Crippen LogP contribution in [0.15, 0.2) is 24.3 Å². The molecular weight excluding hydrogens is 72.1 g/mol. The summed E-state index contributed by atoms with van der Waals surface area (Å²) in [6.45, 7) is 2.08. The number of aryl methyl sites for hydroxylation is 1. The van der Waals surface area contributed by atoms with Crippen LogP contribution < -0.4 is 0 Å². The van der Waals surface area contributed by atoms with Crippen molar-refractivity contribution >= 4 is 0 Å². The van der Waals surface area contributed by atoms with Crippen molar-refractivity contribution in [3.05, 3.63) is 29.8 Å². The van der Waals surface area contributed by atoms with Crippen molar-refractivity contribution in [2.45, 2.75) is 6.92 Å². The number of hydrogen-bond donors (Lipinski definition) is 0. The average Bonchev–Trinajstić information content (AvgIpc) is 1.86. The van der Waals surface area contributed by atoms with Crippen LogP contribution >= 0.6 is 0 Å². The third-order valence-electron chi connectivity index (χ3n) is 0.829. The highest BCUT2D eigenvalue weighted by Crippen LogP contribution is 1.93. The lowest BCUT2D eigenvalue weighted by atomic mass is 10.4. The molecule has 0 aliphatic carbocycles. The molecule has 1 aromatic carbocycles. The van der Waals surface area contributed by atoms with Crippen LogP contribution in [0.25, 0.3) is 0 Å². The standard InChI is InChI=1S/C6H7/c1-6-4-2-3-5-6/h2-5H,1H3/q-1. The highest BCUT2D eigenvalue weighted by molar-refractivity contribution is 5.13. The fourth-order valence-corrected chi connectivity index (χ4v) is 0.470. The highest BCUT2D eigenvalue weighted by atomic mass is 13.8. The second-order valence-electron chi connectivity index (χ2n) is 1.46. The van der Waals surface area contributed by atoms with Crippen LogP contribution in [0, 0.1) is 6.92 Å². The van der Waals surface area contributed by atoms with Gasteiger partial charge in [-0.2, -0.15) is 17.7 Å². The summed E-state index contributed by atoms with van der Waals surface area (Å²) in [5.41, 5.74) is 1.34. The molecule has 0 N–H and O–H groups in total. The molecule has 0 aromatic heterocycles. The van der Waals surface area contributed by atoms with Crippen molar-refractivity contribution in [1.29, 1.82) is 0 Å². The second kappa shape index (κ2) is 1.21. The molecule has 0 fully saturated rings. The van der Waals surface area contributed by atoms with Gasteiger partial charge in [-0.25, -0.2) is 12.1 Å². The average molecular weight is 79.1 g/mol. The fraction of sp³-hybridized carbons (Fsp3) is 0.167. The maximum Gasteiger partial charge on any atom is -0.0860 e. The molecule has 0 nitrogen and oxygen atoms in total. The van der Waals surface area contributed by atoms with E-state index in [1.165, 1.54) is 5.56 Å². The summed E-state index contributed by atoms with van der Waals surface area (Å²) in [7, 11) is 0. The van der Waals surface area contributed by atoms with E-state index < -0.39 is 0 Å². The first-order valence-electron chi connectivity index (χ1n) is 2.08. The van der Waals surface area contributed by atoms with Gasteiger partial charge in [-0.05, 0) is 0 Å². The van der Waals surface area contributed by atoms with E-state index >= 15 is 0 Å². The van der Waals surface area contributed by atoms with Gasteiger partial charge in [0.1, 0.15) is 0 Å². The third-order valence-corrected chi connectivity index (χ3v) is 0.829. The number of hydrogen-bond acceptors (Lipinski definition) is 0. The van der Waals surface area contributed by atoms with Crippen molar-refractivity contribution in [2.24, 2.45) is 0 Å². The first kappa shape index (κ1) is 3.54. The van der Waals surface area contributed by atoms with E-state index in [4.69, 9.17) is 0 Å². The highest BCUT2D eigenvalue weighted by Gasteiger charge is 1.61. The van der Waals surface area contributed by atoms with Crippen LogP contribution in [-0.4, -0.2) is 0 Å². The van der Waals surface area contributed by atoms with Gasteiger partial charge in [0.25, 0.3) is 0 Å². The van der Waals surface area contributed by atoms with Gasteiger partial charge in [0.2, 0.25) is 0 Å². The predicted octanol–water partition coefficient (Wildman–Crippen LogP) is 1.71. The molecule has 0 bridgehead atoms. The van der Waals surface area contributed by atoms with Crippen molar-refractivity contribution in [1.82, 2.24) is 0 Å². The van der Waals surface area contributed by atoms with Crippen molar-refractivity contribution in [2.75, 3.05) is 0 Å². The van der Waals surface area contributed by atoms with Gasteiger partial charge in [0, 0.05) is 0 Å². The van der Waals surface area contributed by atoms with Crippen LogP contribution in [0.1, 0.15) is 5.56 Å². The van der Waals surface area contributed by atoms with Gasteiger partial charge in [0.05, 0.1) is 0 Å². The zero-order chi connectivity index (χ0) is 4.41. The summed E-state index contributed by atoms with van der Waals surface area (Å²) in [4.78, 5) is 0. The molecule has 0 saturated carbocycles. The summed E-state index contributed by atoms with van der Waals surface area (Å²) in [5, 5.41) is 0. The minimum absolute atomic E-state index is 1.34. The van der Waals surface area contributed by atoms with Gasteiger partial charge in [-0.3, -0.25) is 0 Å². The van der Waals surface area contributed by atoms with Crippen LogP contribution in [0.5, 0.6) is 0 Å². The Morgan fingerprint density at radius 3 is 1.83 bits per heavy atom. The molecule has 0 heteroatoms. The minimum Gasteiger partial charge on any atom is -0.213 e. The molecule has 6 heavy (non-hydrogen) atoms. The lowest BCUT2D eigenvalue weighted by molar-refractivity contribution is 1.55. The van der Waals surface area contributed by atoms with Crippen LogP contribution in [0.2, 0.25) is 0 Å². The summed E-state index contributed by atoms with van der Waals surface area (Å²) in [5.74, 6) is 0. The molecule has 0 unspecified atom stereocenters. The topological polar surface area (TPSA) is 0 Å². The Bertz CT molecular complexity index is 104. The normalized spacial score (nSPS) is 8.83. The lowest BCUT2D eigenvalue weighted by Gasteiger charge is -1.77. The molecule has 0 saturated heterocycles. The molecule has 32 valence electrons. The lowest BCUT2D eigenvalue weighted by Crippen LogP contribution is -1.48.